The van der Waals surface area contributed by atoms with Crippen molar-refractivity contribution in [1.29, 1.82) is 0 Å². The Bertz CT molecular complexity index is 1180. The van der Waals surface area contributed by atoms with E-state index in [-0.39, 0.29) is 25.7 Å². The van der Waals surface area contributed by atoms with Crippen molar-refractivity contribution in [2.24, 2.45) is 11.5 Å². The fourth-order valence-corrected chi connectivity index (χ4v) is 4.94. The van der Waals surface area contributed by atoms with E-state index in [2.05, 4.69) is 20.9 Å². The first-order valence-corrected chi connectivity index (χ1v) is 15.6. The van der Waals surface area contributed by atoms with Crippen molar-refractivity contribution < 1.29 is 29.1 Å². The van der Waals surface area contributed by atoms with Crippen LogP contribution in [0.5, 0.6) is 0 Å². The number of hydrogen-bond acceptors (Lipinski definition) is 8. The Hall–Kier alpha value is -3.23. The molecule has 14 heteroatoms. The molecule has 4 amide bonds. The minimum atomic E-state index is -1.25. The lowest BCUT2D eigenvalue weighted by Gasteiger charge is -2.25. The van der Waals surface area contributed by atoms with Gasteiger partial charge in [0.05, 0.1) is 6.04 Å². The molecule has 0 radical (unpaired) electrons. The van der Waals surface area contributed by atoms with Gasteiger partial charge in [-0.25, -0.2) is 4.79 Å². The van der Waals surface area contributed by atoms with Crippen LogP contribution >= 0.6 is 23.5 Å². The second-order valence-electron chi connectivity index (χ2n) is 9.26. The molecule has 0 saturated heterocycles. The number of nitrogens with two attached hydrogens (primary N) is 2. The molecule has 1 heterocycles. The van der Waals surface area contributed by atoms with Crippen LogP contribution in [0.3, 0.4) is 0 Å². The molecule has 220 valence electrons. The number of rotatable bonds is 18. The van der Waals surface area contributed by atoms with E-state index < -0.39 is 53.8 Å². The molecule has 2 rings (SSSR count). The molecule has 4 unspecified atom stereocenters. The number of nitrogens with one attached hydrogen (secondary N) is 4. The lowest BCUT2D eigenvalue weighted by atomic mass is 10.0. The average molecular weight is 595 g/mol. The molecule has 1 aromatic carbocycles. The molecule has 2 aromatic rings. The van der Waals surface area contributed by atoms with Gasteiger partial charge in [-0.3, -0.25) is 19.2 Å². The maximum absolute atomic E-state index is 13.2. The van der Waals surface area contributed by atoms with Crippen LogP contribution in [-0.2, 0) is 30.4 Å². The summed E-state index contributed by atoms with van der Waals surface area (Å²) in [5, 5.41) is 18.4. The molecule has 0 aliphatic heterocycles. The fourth-order valence-electron chi connectivity index (χ4n) is 3.98. The number of primary amides is 1. The predicted octanol–water partition coefficient (Wildman–Crippen LogP) is 0.348. The molecular formula is C26H38N6O6S2. The number of aromatic amines is 1. The summed E-state index contributed by atoms with van der Waals surface area (Å²) in [7, 11) is 0. The van der Waals surface area contributed by atoms with Crippen LogP contribution in [0.4, 0.5) is 0 Å². The van der Waals surface area contributed by atoms with E-state index >= 15 is 0 Å². The zero-order valence-electron chi connectivity index (χ0n) is 22.6. The average Bonchev–Trinajstić information content (AvgIpc) is 3.33. The molecule has 0 bridgehead atoms. The molecular weight excluding hydrogens is 556 g/mol. The summed E-state index contributed by atoms with van der Waals surface area (Å²) in [5.41, 5.74) is 12.7. The van der Waals surface area contributed by atoms with Crippen LogP contribution < -0.4 is 27.4 Å². The number of carboxylic acid groups (broad SMARTS) is 1. The molecule has 12 nitrogen and oxygen atoms in total. The van der Waals surface area contributed by atoms with E-state index in [9.17, 15) is 29.1 Å². The van der Waals surface area contributed by atoms with Crippen molar-refractivity contribution in [3.63, 3.8) is 0 Å². The third-order valence-corrected chi connectivity index (χ3v) is 7.53. The highest BCUT2D eigenvalue weighted by molar-refractivity contribution is 7.98. The number of H-pyrrole nitrogens is 1. The van der Waals surface area contributed by atoms with Gasteiger partial charge in [0.25, 0.3) is 0 Å². The third kappa shape index (κ3) is 10.4. The van der Waals surface area contributed by atoms with Crippen molar-refractivity contribution in [3.05, 3.63) is 36.0 Å². The third-order valence-electron chi connectivity index (χ3n) is 6.24. The number of amides is 4. The van der Waals surface area contributed by atoms with Gasteiger partial charge in [0.15, 0.2) is 0 Å². The summed E-state index contributed by atoms with van der Waals surface area (Å²) in [6.45, 7) is 0. The van der Waals surface area contributed by atoms with Crippen LogP contribution in [0.15, 0.2) is 30.5 Å². The van der Waals surface area contributed by atoms with Crippen LogP contribution in [0.25, 0.3) is 10.9 Å². The second kappa shape index (κ2) is 16.8. The Kier molecular flexibility index (Phi) is 13.8. The van der Waals surface area contributed by atoms with Gasteiger partial charge in [-0.05, 0) is 54.9 Å². The number of carbonyl (C=O) groups is 5. The Labute approximate surface area is 241 Å². The summed E-state index contributed by atoms with van der Waals surface area (Å²) < 4.78 is 0. The van der Waals surface area contributed by atoms with Gasteiger partial charge in [-0.15, -0.1) is 0 Å². The van der Waals surface area contributed by atoms with E-state index in [1.807, 2.05) is 36.8 Å². The van der Waals surface area contributed by atoms with Crippen LogP contribution in [0, 0.1) is 0 Å². The lowest BCUT2D eigenvalue weighted by Crippen LogP contribution is -2.57. The second-order valence-corrected chi connectivity index (χ2v) is 11.2. The quantitative estimate of drug-likeness (QED) is 0.127. The van der Waals surface area contributed by atoms with E-state index in [0.29, 0.717) is 17.9 Å². The number of fused-ring (bicyclic) bond motifs is 1. The summed E-state index contributed by atoms with van der Waals surface area (Å²) in [5.74, 6) is -2.67. The number of aliphatic carboxylic acids is 1. The zero-order valence-corrected chi connectivity index (χ0v) is 24.2. The molecule has 0 fully saturated rings. The highest BCUT2D eigenvalue weighted by Crippen LogP contribution is 2.19. The van der Waals surface area contributed by atoms with Gasteiger partial charge in [0, 0.05) is 29.9 Å². The van der Waals surface area contributed by atoms with Crippen molar-refractivity contribution in [3.8, 4) is 0 Å². The van der Waals surface area contributed by atoms with Crippen molar-refractivity contribution in [2.45, 2.75) is 56.3 Å². The molecule has 0 saturated carbocycles. The van der Waals surface area contributed by atoms with E-state index in [0.717, 1.165) is 16.5 Å². The highest BCUT2D eigenvalue weighted by atomic mass is 32.2. The molecule has 0 spiro atoms. The maximum atomic E-state index is 13.2. The number of aromatic nitrogens is 1. The number of thioether (sulfide) groups is 2. The highest BCUT2D eigenvalue weighted by Gasteiger charge is 2.30. The van der Waals surface area contributed by atoms with Gasteiger partial charge in [0.1, 0.15) is 18.1 Å². The van der Waals surface area contributed by atoms with Gasteiger partial charge in [0.2, 0.25) is 23.6 Å². The van der Waals surface area contributed by atoms with Crippen molar-refractivity contribution >= 4 is 64.0 Å². The molecule has 40 heavy (non-hydrogen) atoms. The van der Waals surface area contributed by atoms with Gasteiger partial charge in [-0.1, -0.05) is 18.2 Å². The molecule has 4 atom stereocenters. The smallest absolute Gasteiger partial charge is 0.326 e. The first kappa shape index (κ1) is 33.0. The maximum Gasteiger partial charge on any atom is 0.326 e. The first-order valence-electron chi connectivity index (χ1n) is 12.8. The van der Waals surface area contributed by atoms with Gasteiger partial charge >= 0.3 is 5.97 Å². The van der Waals surface area contributed by atoms with Gasteiger partial charge < -0.3 is 37.5 Å². The Morgan fingerprint density at radius 3 is 2.08 bits per heavy atom. The number of carbonyl (C=O) groups excluding carboxylic acids is 4. The summed E-state index contributed by atoms with van der Waals surface area (Å²) in [6, 6.07) is 3.07. The molecule has 1 aromatic heterocycles. The molecule has 0 aliphatic carbocycles. The minimum Gasteiger partial charge on any atom is -0.480 e. The monoisotopic (exact) mass is 594 g/mol. The van der Waals surface area contributed by atoms with Crippen molar-refractivity contribution in [2.75, 3.05) is 24.0 Å². The predicted molar refractivity (Wildman–Crippen MR) is 158 cm³/mol. The summed E-state index contributed by atoms with van der Waals surface area (Å²) in [4.78, 5) is 65.5. The zero-order chi connectivity index (χ0) is 29.7. The van der Waals surface area contributed by atoms with E-state index in [1.165, 1.54) is 23.5 Å². The first-order chi connectivity index (χ1) is 19.1. The van der Waals surface area contributed by atoms with Gasteiger partial charge in [-0.2, -0.15) is 23.5 Å². The SMILES string of the molecule is CSCCC(N)C(=O)NC(CCC(N)=O)C(=O)NC(CCSC)C(=O)NC(Cc1c[nH]c2ccccc12)C(=O)O. The Balaban J connectivity index is 2.16. The number of hydrogen-bond donors (Lipinski definition) is 7. The molecule has 0 aliphatic rings. The summed E-state index contributed by atoms with van der Waals surface area (Å²) >= 11 is 2.97. The number of benzene rings is 1. The van der Waals surface area contributed by atoms with Crippen LogP contribution in [-0.4, -0.2) is 87.9 Å². The number of carboxylic acids is 1. The number of para-hydroxylation sites is 1. The fraction of sp³-hybridized carbons (Fsp3) is 0.500. The van der Waals surface area contributed by atoms with E-state index in [1.54, 1.807) is 6.20 Å². The lowest BCUT2D eigenvalue weighted by molar-refractivity contribution is -0.142. The normalized spacial score (nSPS) is 14.1. The summed E-state index contributed by atoms with van der Waals surface area (Å²) in [6.07, 6.45) is 5.78. The van der Waals surface area contributed by atoms with E-state index in [4.69, 9.17) is 11.5 Å². The van der Waals surface area contributed by atoms with Crippen molar-refractivity contribution in [1.82, 2.24) is 20.9 Å². The molecule has 9 N–H and O–H groups in total. The Morgan fingerprint density at radius 2 is 1.45 bits per heavy atom. The topological polar surface area (TPSA) is 209 Å². The minimum absolute atomic E-state index is 0.0273. The largest absolute Gasteiger partial charge is 0.480 e. The van der Waals surface area contributed by atoms with Crippen LogP contribution in [0.1, 0.15) is 31.2 Å². The standard InChI is InChI=1S/C26H38N6O6S2/c1-39-11-9-17(27)23(34)30-19(7-8-22(28)33)24(35)31-20(10-12-40-2)25(36)32-21(26(37)38)13-15-14-29-18-6-4-3-5-16(15)18/h3-6,14,17,19-21,29H,7-13,27H2,1-2H3,(H2,28,33)(H,30,34)(H,31,35)(H,32,36)(H,37,38). The van der Waals surface area contributed by atoms with Crippen LogP contribution in [0.2, 0.25) is 0 Å². The Morgan fingerprint density at radius 1 is 0.875 bits per heavy atom.